The standard InChI is InChI=1S/C15H27NO2/c1-11(2)5-4-6-15(17)12-7-13-9-18-10-14(8-12)16(13)3/h11-14H,4-10H2,1-3H3. The lowest BCUT2D eigenvalue weighted by Gasteiger charge is -2.46. The van der Waals surface area contributed by atoms with Gasteiger partial charge in [0.1, 0.15) is 5.78 Å². The lowest BCUT2D eigenvalue weighted by atomic mass is 9.81. The van der Waals surface area contributed by atoms with Crippen molar-refractivity contribution < 1.29 is 9.53 Å². The van der Waals surface area contributed by atoms with Gasteiger partial charge in [0.05, 0.1) is 13.2 Å². The number of nitrogens with zero attached hydrogens (tertiary/aromatic N) is 1. The van der Waals surface area contributed by atoms with Crippen LogP contribution in [0.4, 0.5) is 0 Å². The van der Waals surface area contributed by atoms with Gasteiger partial charge < -0.3 is 4.74 Å². The molecule has 2 bridgehead atoms. The molecule has 0 aromatic heterocycles. The highest BCUT2D eigenvalue weighted by Crippen LogP contribution is 2.31. The molecule has 3 nitrogen and oxygen atoms in total. The highest BCUT2D eigenvalue weighted by molar-refractivity contribution is 5.81. The minimum atomic E-state index is 0.298. The van der Waals surface area contributed by atoms with E-state index in [-0.39, 0.29) is 0 Å². The number of hydrogen-bond donors (Lipinski definition) is 0. The van der Waals surface area contributed by atoms with Crippen molar-refractivity contribution in [1.29, 1.82) is 0 Å². The normalized spacial score (nSPS) is 32.8. The van der Waals surface area contributed by atoms with E-state index in [4.69, 9.17) is 4.74 Å². The van der Waals surface area contributed by atoms with E-state index in [1.165, 1.54) is 6.42 Å². The largest absolute Gasteiger partial charge is 0.378 e. The van der Waals surface area contributed by atoms with E-state index in [0.717, 1.165) is 38.9 Å². The van der Waals surface area contributed by atoms with E-state index in [9.17, 15) is 4.79 Å². The topological polar surface area (TPSA) is 29.5 Å². The van der Waals surface area contributed by atoms with Crippen molar-refractivity contribution in [1.82, 2.24) is 4.90 Å². The molecule has 0 aromatic carbocycles. The second kappa shape index (κ2) is 6.16. The van der Waals surface area contributed by atoms with E-state index < -0.39 is 0 Å². The first-order valence-corrected chi connectivity index (χ1v) is 7.40. The Labute approximate surface area is 111 Å². The van der Waals surface area contributed by atoms with Gasteiger partial charge in [0.15, 0.2) is 0 Å². The van der Waals surface area contributed by atoms with Crippen molar-refractivity contribution in [2.45, 2.75) is 58.0 Å². The average Bonchev–Trinajstić information content (AvgIpc) is 2.27. The van der Waals surface area contributed by atoms with Crippen molar-refractivity contribution in [3.8, 4) is 0 Å². The summed E-state index contributed by atoms with van der Waals surface area (Å²) in [5.41, 5.74) is 0. The van der Waals surface area contributed by atoms with Crippen LogP contribution in [0.15, 0.2) is 0 Å². The smallest absolute Gasteiger partial charge is 0.136 e. The minimum absolute atomic E-state index is 0.298. The number of carbonyl (C=O) groups is 1. The second-order valence-electron chi connectivity index (χ2n) is 6.43. The first-order valence-electron chi connectivity index (χ1n) is 7.40. The zero-order valence-corrected chi connectivity index (χ0v) is 12.0. The molecule has 2 aliphatic rings. The molecule has 2 heterocycles. The molecule has 0 spiro atoms. The number of hydrogen-bond acceptors (Lipinski definition) is 3. The summed E-state index contributed by atoms with van der Waals surface area (Å²) in [4.78, 5) is 14.7. The fourth-order valence-corrected chi connectivity index (χ4v) is 3.25. The van der Waals surface area contributed by atoms with Crippen molar-refractivity contribution in [2.75, 3.05) is 20.3 Å². The molecule has 0 amide bonds. The van der Waals surface area contributed by atoms with Crippen LogP contribution < -0.4 is 0 Å². The molecule has 0 aromatic rings. The molecule has 0 radical (unpaired) electrons. The Balaban J connectivity index is 1.81. The molecule has 2 fully saturated rings. The predicted octanol–water partition coefficient (Wildman–Crippen LogP) is 2.49. The Morgan fingerprint density at radius 1 is 1.28 bits per heavy atom. The number of piperidine rings is 1. The van der Waals surface area contributed by atoms with Gasteiger partial charge in [-0.15, -0.1) is 0 Å². The van der Waals surface area contributed by atoms with Crippen LogP contribution in [0, 0.1) is 11.8 Å². The number of Topliss-reactive ketones (excluding diaryl/α,β-unsaturated/α-hetero) is 1. The van der Waals surface area contributed by atoms with Gasteiger partial charge in [-0.2, -0.15) is 0 Å². The summed E-state index contributed by atoms with van der Waals surface area (Å²) in [6.07, 6.45) is 5.04. The van der Waals surface area contributed by atoms with Gasteiger partial charge in [-0.1, -0.05) is 20.3 Å². The zero-order valence-electron chi connectivity index (χ0n) is 12.0. The number of ketones is 1. The molecule has 18 heavy (non-hydrogen) atoms. The SMILES string of the molecule is CC(C)CCCC(=O)C1CC2COCC(C1)N2C. The van der Waals surface area contributed by atoms with E-state index in [2.05, 4.69) is 25.8 Å². The summed E-state index contributed by atoms with van der Waals surface area (Å²) in [7, 11) is 2.18. The number of fused-ring (bicyclic) bond motifs is 2. The van der Waals surface area contributed by atoms with Crippen LogP contribution in [-0.2, 0) is 9.53 Å². The van der Waals surface area contributed by atoms with Crippen molar-refractivity contribution in [3.05, 3.63) is 0 Å². The van der Waals surface area contributed by atoms with Crippen molar-refractivity contribution in [3.63, 3.8) is 0 Å². The Morgan fingerprint density at radius 3 is 2.44 bits per heavy atom. The summed E-state index contributed by atoms with van der Waals surface area (Å²) in [6, 6.07) is 0.938. The van der Waals surface area contributed by atoms with Crippen LogP contribution in [0.25, 0.3) is 0 Å². The van der Waals surface area contributed by atoms with Gasteiger partial charge in [0.25, 0.3) is 0 Å². The molecular formula is C15H27NO2. The summed E-state index contributed by atoms with van der Waals surface area (Å²) < 4.78 is 5.59. The number of likely N-dealkylation sites (N-methyl/N-ethyl adjacent to an activating group) is 1. The molecule has 2 saturated heterocycles. The monoisotopic (exact) mass is 253 g/mol. The molecule has 2 atom stereocenters. The quantitative estimate of drug-likeness (QED) is 0.754. The zero-order chi connectivity index (χ0) is 13.1. The molecule has 2 unspecified atom stereocenters. The predicted molar refractivity (Wildman–Crippen MR) is 72.6 cm³/mol. The highest BCUT2D eigenvalue weighted by atomic mass is 16.5. The van der Waals surface area contributed by atoms with Gasteiger partial charge in [0.2, 0.25) is 0 Å². The molecule has 0 saturated carbocycles. The van der Waals surface area contributed by atoms with Gasteiger partial charge in [-0.05, 0) is 32.2 Å². The molecule has 0 aliphatic carbocycles. The maximum atomic E-state index is 12.3. The van der Waals surface area contributed by atoms with Gasteiger partial charge in [0, 0.05) is 24.4 Å². The van der Waals surface area contributed by atoms with Gasteiger partial charge >= 0.3 is 0 Å². The van der Waals surface area contributed by atoms with Crippen molar-refractivity contribution in [2.24, 2.45) is 11.8 Å². The van der Waals surface area contributed by atoms with Crippen LogP contribution >= 0.6 is 0 Å². The average molecular weight is 253 g/mol. The minimum Gasteiger partial charge on any atom is -0.378 e. The maximum absolute atomic E-state index is 12.3. The fraction of sp³-hybridized carbons (Fsp3) is 0.933. The van der Waals surface area contributed by atoms with Crippen molar-refractivity contribution >= 4 is 5.78 Å². The molecule has 3 heteroatoms. The van der Waals surface area contributed by atoms with E-state index in [1.807, 2.05) is 0 Å². The molecule has 2 aliphatic heterocycles. The maximum Gasteiger partial charge on any atom is 0.136 e. The molecule has 2 rings (SSSR count). The first kappa shape index (κ1) is 14.0. The summed E-state index contributed by atoms with van der Waals surface area (Å²) >= 11 is 0. The molecule has 104 valence electrons. The Bertz CT molecular complexity index is 276. The lowest BCUT2D eigenvalue weighted by molar-refractivity contribution is -0.131. The number of ether oxygens (including phenoxy) is 1. The van der Waals surface area contributed by atoms with Crippen LogP contribution in [0.1, 0.15) is 46.0 Å². The summed E-state index contributed by atoms with van der Waals surface area (Å²) in [5, 5.41) is 0. The third-order valence-electron chi connectivity index (χ3n) is 4.55. The number of carbonyl (C=O) groups excluding carboxylic acids is 1. The fourth-order valence-electron chi connectivity index (χ4n) is 3.25. The van der Waals surface area contributed by atoms with Crippen LogP contribution in [0.5, 0.6) is 0 Å². The Morgan fingerprint density at radius 2 is 1.89 bits per heavy atom. The first-order chi connectivity index (χ1) is 8.58. The second-order valence-corrected chi connectivity index (χ2v) is 6.43. The Hall–Kier alpha value is -0.410. The molecular weight excluding hydrogens is 226 g/mol. The third kappa shape index (κ3) is 3.33. The van der Waals surface area contributed by atoms with Crippen LogP contribution in [-0.4, -0.2) is 43.0 Å². The molecule has 0 N–H and O–H groups in total. The van der Waals surface area contributed by atoms with E-state index in [1.54, 1.807) is 0 Å². The van der Waals surface area contributed by atoms with Crippen LogP contribution in [0.2, 0.25) is 0 Å². The summed E-state index contributed by atoms with van der Waals surface area (Å²) in [5.74, 6) is 1.51. The Kier molecular flexibility index (Phi) is 4.79. The summed E-state index contributed by atoms with van der Waals surface area (Å²) in [6.45, 7) is 6.06. The van der Waals surface area contributed by atoms with Crippen LogP contribution in [0.3, 0.4) is 0 Å². The van der Waals surface area contributed by atoms with E-state index in [0.29, 0.717) is 29.7 Å². The lowest BCUT2D eigenvalue weighted by Crippen LogP contribution is -2.55. The van der Waals surface area contributed by atoms with Gasteiger partial charge in [-0.25, -0.2) is 0 Å². The number of rotatable bonds is 5. The highest BCUT2D eigenvalue weighted by Gasteiger charge is 2.38. The number of morpholine rings is 1. The van der Waals surface area contributed by atoms with Gasteiger partial charge in [-0.3, -0.25) is 9.69 Å². The third-order valence-corrected chi connectivity index (χ3v) is 4.55. The van der Waals surface area contributed by atoms with E-state index >= 15 is 0 Å².